The fourth-order valence-corrected chi connectivity index (χ4v) is 1.94. The largest absolute Gasteiger partial charge is 0.398 e. The quantitative estimate of drug-likeness (QED) is 0.247. The molecule has 1 rings (SSSR count). The maximum Gasteiger partial charge on any atom is 0.248 e. The molecule has 1 unspecified atom stereocenters. The van der Waals surface area contributed by atoms with E-state index in [2.05, 4.69) is 10.3 Å². The summed E-state index contributed by atoms with van der Waals surface area (Å²) < 4.78 is 0. The molecule has 0 saturated heterocycles. The normalized spacial score (nSPS) is 13.0. The highest BCUT2D eigenvalue weighted by atomic mass is 16.1. The Morgan fingerprint density at radius 3 is 2.69 bits per heavy atom. The number of carbonyl (C=O) groups excluding carboxylic acids is 2. The van der Waals surface area contributed by atoms with E-state index in [9.17, 15) is 9.59 Å². The van der Waals surface area contributed by atoms with Crippen LogP contribution in [0.15, 0.2) is 59.9 Å². The van der Waals surface area contributed by atoms with Crippen molar-refractivity contribution in [1.29, 1.82) is 5.41 Å². The molecule has 2 amide bonds. The Kier molecular flexibility index (Phi) is 8.22. The topological polar surface area (TPSA) is 134 Å². The van der Waals surface area contributed by atoms with E-state index < -0.39 is 5.91 Å². The summed E-state index contributed by atoms with van der Waals surface area (Å²) in [5.74, 6) is -1.22. The molecule has 1 aromatic rings. The van der Waals surface area contributed by atoms with Gasteiger partial charge in [0.15, 0.2) is 0 Å². The van der Waals surface area contributed by atoms with Gasteiger partial charge in [-0.25, -0.2) is 0 Å². The zero-order valence-electron chi connectivity index (χ0n) is 14.8. The number of nitrogens with two attached hydrogens (primary N) is 2. The van der Waals surface area contributed by atoms with Crippen molar-refractivity contribution in [2.45, 2.75) is 13.8 Å². The first-order valence-electron chi connectivity index (χ1n) is 7.93. The van der Waals surface area contributed by atoms with Gasteiger partial charge in [-0.1, -0.05) is 19.1 Å². The molecule has 7 nitrogen and oxygen atoms in total. The highest BCUT2D eigenvalue weighted by Gasteiger charge is 2.13. The van der Waals surface area contributed by atoms with E-state index in [0.717, 1.165) is 0 Å². The molecule has 0 saturated carbocycles. The van der Waals surface area contributed by atoms with Crippen LogP contribution >= 0.6 is 0 Å². The summed E-state index contributed by atoms with van der Waals surface area (Å²) in [5.41, 5.74) is 12.5. The molecule has 1 atom stereocenters. The zero-order chi connectivity index (χ0) is 19.5. The van der Waals surface area contributed by atoms with Crippen LogP contribution in [0.1, 0.15) is 29.8 Å². The molecule has 136 valence electrons. The number of nitrogens with zero attached hydrogens (tertiary/aromatic N) is 1. The van der Waals surface area contributed by atoms with Crippen molar-refractivity contribution >= 4 is 29.4 Å². The van der Waals surface area contributed by atoms with E-state index in [4.69, 9.17) is 16.9 Å². The second-order valence-electron chi connectivity index (χ2n) is 5.34. The molecule has 26 heavy (non-hydrogen) atoms. The number of carbonyl (C=O) groups is 2. The number of allylic oxidation sites excluding steroid dienone is 3. The van der Waals surface area contributed by atoms with Crippen LogP contribution in [0.2, 0.25) is 0 Å². The number of aliphatic imine (C=N–C) groups is 1. The van der Waals surface area contributed by atoms with Gasteiger partial charge in [0, 0.05) is 53.1 Å². The molecule has 0 bridgehead atoms. The first-order valence-corrected chi connectivity index (χ1v) is 7.93. The molecule has 0 fully saturated rings. The third-order valence-electron chi connectivity index (χ3n) is 3.37. The van der Waals surface area contributed by atoms with E-state index in [-0.39, 0.29) is 23.1 Å². The monoisotopic (exact) mass is 353 g/mol. The fourth-order valence-electron chi connectivity index (χ4n) is 1.94. The van der Waals surface area contributed by atoms with E-state index in [1.807, 2.05) is 0 Å². The number of nitrogen functional groups attached to an aromatic ring is 1. The Morgan fingerprint density at radius 2 is 2.04 bits per heavy atom. The second-order valence-corrected chi connectivity index (χ2v) is 5.34. The summed E-state index contributed by atoms with van der Waals surface area (Å²) in [6, 6.07) is 4.56. The van der Waals surface area contributed by atoms with Crippen molar-refractivity contribution in [3.63, 3.8) is 0 Å². The minimum Gasteiger partial charge on any atom is -0.398 e. The Labute approximate surface area is 152 Å². The lowest BCUT2D eigenvalue weighted by molar-refractivity contribution is -0.115. The van der Waals surface area contributed by atoms with E-state index in [1.54, 1.807) is 50.6 Å². The molecule has 0 radical (unpaired) electrons. The summed E-state index contributed by atoms with van der Waals surface area (Å²) in [7, 11) is 0. The molecule has 0 spiro atoms. The van der Waals surface area contributed by atoms with Crippen molar-refractivity contribution in [3.05, 3.63) is 66.0 Å². The van der Waals surface area contributed by atoms with Crippen LogP contribution in [-0.2, 0) is 4.79 Å². The average Bonchev–Trinajstić information content (AvgIpc) is 2.61. The first-order chi connectivity index (χ1) is 12.4. The molecule has 0 heterocycles. The maximum atomic E-state index is 11.6. The van der Waals surface area contributed by atoms with Crippen molar-refractivity contribution in [2.75, 3.05) is 5.73 Å². The number of rotatable bonds is 8. The average molecular weight is 353 g/mol. The number of amides is 2. The predicted molar refractivity (Wildman–Crippen MR) is 105 cm³/mol. The Bertz CT molecular complexity index is 791. The zero-order valence-corrected chi connectivity index (χ0v) is 14.8. The number of nitrogens with one attached hydrogen (secondary N) is 2. The van der Waals surface area contributed by atoms with Gasteiger partial charge in [-0.3, -0.25) is 14.6 Å². The molecule has 6 N–H and O–H groups in total. The highest BCUT2D eigenvalue weighted by Crippen LogP contribution is 2.19. The van der Waals surface area contributed by atoms with Crippen LogP contribution in [0.4, 0.5) is 5.69 Å². The minimum absolute atomic E-state index is 0.215. The van der Waals surface area contributed by atoms with Gasteiger partial charge in [-0.2, -0.15) is 0 Å². The molecule has 1 aromatic carbocycles. The van der Waals surface area contributed by atoms with E-state index in [1.165, 1.54) is 24.4 Å². The van der Waals surface area contributed by atoms with Crippen LogP contribution < -0.4 is 16.8 Å². The van der Waals surface area contributed by atoms with Crippen molar-refractivity contribution in [3.8, 4) is 0 Å². The number of hydrogen-bond donors (Lipinski definition) is 4. The first kappa shape index (κ1) is 20.6. The van der Waals surface area contributed by atoms with Crippen LogP contribution in [-0.4, -0.2) is 23.7 Å². The van der Waals surface area contributed by atoms with Gasteiger partial charge in [-0.05, 0) is 31.2 Å². The molecular weight excluding hydrogens is 330 g/mol. The van der Waals surface area contributed by atoms with Gasteiger partial charge in [0.25, 0.3) is 0 Å². The molecule has 0 aromatic heterocycles. The number of primary amides is 1. The molecule has 7 heteroatoms. The Balaban J connectivity index is 2.70. The molecule has 0 aliphatic heterocycles. The van der Waals surface area contributed by atoms with Gasteiger partial charge in [0.1, 0.15) is 0 Å². The summed E-state index contributed by atoms with van der Waals surface area (Å²) in [6.07, 6.45) is 10.9. The Morgan fingerprint density at radius 1 is 1.31 bits per heavy atom. The summed E-state index contributed by atoms with van der Waals surface area (Å²) in [6.45, 7) is 3.57. The third kappa shape index (κ3) is 6.56. The van der Waals surface area contributed by atoms with Crippen LogP contribution in [0.25, 0.3) is 0 Å². The third-order valence-corrected chi connectivity index (χ3v) is 3.37. The van der Waals surface area contributed by atoms with Gasteiger partial charge in [0.2, 0.25) is 11.8 Å². The number of benzene rings is 1. The molecule has 0 aliphatic carbocycles. The fraction of sp³-hybridized carbons (Fsp3) is 0.158. The summed E-state index contributed by atoms with van der Waals surface area (Å²) in [4.78, 5) is 26.8. The van der Waals surface area contributed by atoms with Crippen LogP contribution in [0, 0.1) is 11.3 Å². The summed E-state index contributed by atoms with van der Waals surface area (Å²) in [5, 5.41) is 10.8. The van der Waals surface area contributed by atoms with Crippen molar-refractivity contribution in [2.24, 2.45) is 16.6 Å². The smallest absolute Gasteiger partial charge is 0.248 e. The SMILES string of the molecule is CC=N/C=C\C=C\C(=O)N/C=C/C(C)C(=N)c1cc(C(N)=O)ccc1N. The van der Waals surface area contributed by atoms with Gasteiger partial charge >= 0.3 is 0 Å². The lowest BCUT2D eigenvalue weighted by Crippen LogP contribution is -2.17. The number of anilines is 1. The number of hydrogen-bond acceptors (Lipinski definition) is 5. The molecular formula is C19H23N5O2. The lowest BCUT2D eigenvalue weighted by atomic mass is 9.95. The van der Waals surface area contributed by atoms with Gasteiger partial charge in [0.05, 0.1) is 0 Å². The molecule has 0 aliphatic rings. The second kappa shape index (κ2) is 10.4. The highest BCUT2D eigenvalue weighted by molar-refractivity contribution is 6.07. The Hall–Kier alpha value is -3.48. The van der Waals surface area contributed by atoms with E-state index in [0.29, 0.717) is 11.3 Å². The van der Waals surface area contributed by atoms with Gasteiger partial charge in [-0.15, -0.1) is 0 Å². The standard InChI is InChI=1S/C19H23N5O2/c1-3-23-10-5-4-6-17(25)24-11-9-13(2)18(21)15-12-14(19(22)26)7-8-16(15)20/h3-13,21H,20H2,1-2H3,(H2,22,26)(H,24,25)/b6-4+,10-5-,11-9+,21-18?,23-3?. The van der Waals surface area contributed by atoms with Crippen molar-refractivity contribution in [1.82, 2.24) is 5.32 Å². The van der Waals surface area contributed by atoms with Gasteiger partial charge < -0.3 is 22.2 Å². The predicted octanol–water partition coefficient (Wildman–Crippen LogP) is 2.16. The lowest BCUT2D eigenvalue weighted by Gasteiger charge is -2.12. The van der Waals surface area contributed by atoms with Crippen molar-refractivity contribution < 1.29 is 9.59 Å². The summed E-state index contributed by atoms with van der Waals surface area (Å²) >= 11 is 0. The van der Waals surface area contributed by atoms with E-state index >= 15 is 0 Å². The maximum absolute atomic E-state index is 11.6. The minimum atomic E-state index is -0.583. The van der Waals surface area contributed by atoms with Crippen LogP contribution in [0.5, 0.6) is 0 Å². The van der Waals surface area contributed by atoms with Crippen LogP contribution in [0.3, 0.4) is 0 Å².